The third-order valence-corrected chi connectivity index (χ3v) is 3.97. The van der Waals surface area contributed by atoms with Crippen molar-refractivity contribution >= 4 is 10.8 Å². The topological polar surface area (TPSA) is 17.1 Å². The van der Waals surface area contributed by atoms with E-state index >= 15 is 0 Å². The van der Waals surface area contributed by atoms with E-state index in [-0.39, 0.29) is 5.82 Å². The smallest absolute Gasteiger partial charge is 0.123 e. The van der Waals surface area contributed by atoms with Gasteiger partial charge in [0.1, 0.15) is 5.82 Å². The minimum Gasteiger partial charge on any atom is -0.249 e. The van der Waals surface area contributed by atoms with Crippen molar-refractivity contribution in [1.29, 1.82) is 0 Å². The molecule has 0 spiro atoms. The van der Waals surface area contributed by atoms with Crippen molar-refractivity contribution in [2.24, 2.45) is 0 Å². The highest BCUT2D eigenvalue weighted by Crippen LogP contribution is 2.17. The second kappa shape index (κ2) is 5.23. The zero-order valence-corrected chi connectivity index (χ0v) is 10.3. The van der Waals surface area contributed by atoms with E-state index in [4.69, 9.17) is 0 Å². The number of hydrogen-bond donors (Lipinski definition) is 0. The molecule has 0 fully saturated rings. The molecule has 2 rings (SSSR count). The van der Waals surface area contributed by atoms with Gasteiger partial charge in [0, 0.05) is 9.79 Å². The Hall–Kier alpha value is -1.48. The molecule has 0 radical (unpaired) electrons. The molecule has 0 saturated carbocycles. The summed E-state index contributed by atoms with van der Waals surface area (Å²) in [4.78, 5) is 1.37. The maximum atomic E-state index is 12.8. The van der Waals surface area contributed by atoms with Crippen molar-refractivity contribution in [2.45, 2.75) is 23.1 Å². The number of aryl methyl sites for hydroxylation is 1. The Morgan fingerprint density at radius 1 is 0.941 bits per heavy atom. The molecule has 88 valence electrons. The third kappa shape index (κ3) is 2.80. The van der Waals surface area contributed by atoms with Gasteiger partial charge in [-0.3, -0.25) is 0 Å². The first-order chi connectivity index (χ1) is 8.20. The van der Waals surface area contributed by atoms with Crippen LogP contribution in [0, 0.1) is 5.82 Å². The Kier molecular flexibility index (Phi) is 3.69. The quantitative estimate of drug-likeness (QED) is 0.811. The van der Waals surface area contributed by atoms with Gasteiger partial charge >= 0.3 is 0 Å². The van der Waals surface area contributed by atoms with E-state index in [1.54, 1.807) is 12.1 Å². The first kappa shape index (κ1) is 12.0. The molecule has 0 aliphatic heterocycles. The van der Waals surface area contributed by atoms with Crippen LogP contribution in [0.15, 0.2) is 58.3 Å². The van der Waals surface area contributed by atoms with E-state index in [9.17, 15) is 8.60 Å². The summed E-state index contributed by atoms with van der Waals surface area (Å²) >= 11 is 0. The lowest BCUT2D eigenvalue weighted by atomic mass is 10.2. The Bertz CT molecular complexity index is 517. The molecule has 1 unspecified atom stereocenters. The molecule has 1 nitrogen and oxygen atoms in total. The van der Waals surface area contributed by atoms with Crippen molar-refractivity contribution in [3.63, 3.8) is 0 Å². The molecule has 0 aliphatic carbocycles. The lowest BCUT2D eigenvalue weighted by Gasteiger charge is -2.03. The SMILES string of the molecule is CCc1ccc(S(=O)c2ccc(F)cc2)cc1. The van der Waals surface area contributed by atoms with Gasteiger partial charge in [0.05, 0.1) is 10.8 Å². The Morgan fingerprint density at radius 2 is 1.41 bits per heavy atom. The molecule has 2 aromatic rings. The Balaban J connectivity index is 2.27. The summed E-state index contributed by atoms with van der Waals surface area (Å²) in [6.45, 7) is 2.08. The van der Waals surface area contributed by atoms with Gasteiger partial charge in [-0.2, -0.15) is 0 Å². The largest absolute Gasteiger partial charge is 0.249 e. The first-order valence-electron chi connectivity index (χ1n) is 5.47. The molecule has 0 N–H and O–H groups in total. The van der Waals surface area contributed by atoms with Crippen LogP contribution in [0.1, 0.15) is 12.5 Å². The van der Waals surface area contributed by atoms with Gasteiger partial charge in [0.2, 0.25) is 0 Å². The fourth-order valence-electron chi connectivity index (χ4n) is 1.54. The average Bonchev–Trinajstić information content (AvgIpc) is 2.39. The van der Waals surface area contributed by atoms with E-state index in [0.717, 1.165) is 11.3 Å². The van der Waals surface area contributed by atoms with Crippen LogP contribution in [0.25, 0.3) is 0 Å². The molecule has 0 bridgehead atoms. The maximum Gasteiger partial charge on any atom is 0.123 e. The highest BCUT2D eigenvalue weighted by atomic mass is 32.2. The summed E-state index contributed by atoms with van der Waals surface area (Å²) in [6, 6.07) is 13.4. The molecule has 3 heteroatoms. The average molecular weight is 248 g/mol. The molecule has 2 aromatic carbocycles. The van der Waals surface area contributed by atoms with Crippen LogP contribution in [0.3, 0.4) is 0 Å². The predicted octanol–water partition coefficient (Wildman–Crippen LogP) is 3.55. The summed E-state index contributed by atoms with van der Waals surface area (Å²) in [7, 11) is -1.23. The van der Waals surface area contributed by atoms with Crippen LogP contribution < -0.4 is 0 Å². The number of halogens is 1. The van der Waals surface area contributed by atoms with Crippen molar-refractivity contribution in [1.82, 2.24) is 0 Å². The van der Waals surface area contributed by atoms with Crippen molar-refractivity contribution < 1.29 is 8.60 Å². The van der Waals surface area contributed by atoms with Gasteiger partial charge in [0.15, 0.2) is 0 Å². The molecule has 0 amide bonds. The van der Waals surface area contributed by atoms with E-state index in [1.807, 2.05) is 24.3 Å². The minimum absolute atomic E-state index is 0.313. The van der Waals surface area contributed by atoms with Crippen LogP contribution in [0.2, 0.25) is 0 Å². The third-order valence-electron chi connectivity index (χ3n) is 2.57. The van der Waals surface area contributed by atoms with Gasteiger partial charge in [-0.15, -0.1) is 0 Å². The molecule has 0 aromatic heterocycles. The summed E-state index contributed by atoms with van der Waals surface area (Å²) in [5.41, 5.74) is 1.21. The first-order valence-corrected chi connectivity index (χ1v) is 6.62. The minimum atomic E-state index is -1.23. The monoisotopic (exact) mass is 248 g/mol. The predicted molar refractivity (Wildman–Crippen MR) is 66.9 cm³/mol. The summed E-state index contributed by atoms with van der Waals surface area (Å²) in [6.07, 6.45) is 0.962. The van der Waals surface area contributed by atoms with E-state index in [2.05, 4.69) is 6.92 Å². The number of hydrogen-bond acceptors (Lipinski definition) is 1. The fraction of sp³-hybridized carbons (Fsp3) is 0.143. The summed E-state index contributed by atoms with van der Waals surface area (Å²) in [5, 5.41) is 0. The lowest BCUT2D eigenvalue weighted by molar-refractivity contribution is 0.626. The Labute approximate surface area is 103 Å². The van der Waals surface area contributed by atoms with Crippen LogP contribution in [-0.4, -0.2) is 4.21 Å². The lowest BCUT2D eigenvalue weighted by Crippen LogP contribution is -1.93. The van der Waals surface area contributed by atoms with Gasteiger partial charge in [-0.1, -0.05) is 19.1 Å². The van der Waals surface area contributed by atoms with E-state index < -0.39 is 10.8 Å². The van der Waals surface area contributed by atoms with Crippen molar-refractivity contribution in [3.05, 3.63) is 59.9 Å². The zero-order chi connectivity index (χ0) is 12.3. The standard InChI is InChI=1S/C14H13FOS/c1-2-11-3-7-13(8-4-11)17(16)14-9-5-12(15)6-10-14/h3-10H,2H2,1H3. The number of benzene rings is 2. The van der Waals surface area contributed by atoms with Crippen LogP contribution in [0.5, 0.6) is 0 Å². The normalized spacial score (nSPS) is 12.4. The van der Waals surface area contributed by atoms with E-state index in [1.165, 1.54) is 17.7 Å². The maximum absolute atomic E-state index is 12.8. The molecule has 0 saturated heterocycles. The van der Waals surface area contributed by atoms with Gasteiger partial charge in [0.25, 0.3) is 0 Å². The summed E-state index contributed by atoms with van der Waals surface area (Å²) in [5.74, 6) is -0.313. The van der Waals surface area contributed by atoms with Crippen molar-refractivity contribution in [3.8, 4) is 0 Å². The van der Waals surface area contributed by atoms with E-state index in [0.29, 0.717) is 4.90 Å². The van der Waals surface area contributed by atoms with Crippen LogP contribution in [-0.2, 0) is 17.2 Å². The second-order valence-corrected chi connectivity index (χ2v) is 5.20. The fourth-order valence-corrected chi connectivity index (χ4v) is 2.58. The van der Waals surface area contributed by atoms with Gasteiger partial charge in [-0.25, -0.2) is 8.60 Å². The molecule has 17 heavy (non-hydrogen) atoms. The second-order valence-electron chi connectivity index (χ2n) is 3.72. The zero-order valence-electron chi connectivity index (χ0n) is 9.52. The number of rotatable bonds is 3. The van der Waals surface area contributed by atoms with Crippen LogP contribution >= 0.6 is 0 Å². The highest BCUT2D eigenvalue weighted by molar-refractivity contribution is 7.85. The Morgan fingerprint density at radius 3 is 1.88 bits per heavy atom. The molecule has 0 heterocycles. The van der Waals surface area contributed by atoms with Crippen molar-refractivity contribution in [2.75, 3.05) is 0 Å². The summed E-state index contributed by atoms with van der Waals surface area (Å²) < 4.78 is 24.9. The van der Waals surface area contributed by atoms with Gasteiger partial charge in [-0.05, 0) is 48.4 Å². The highest BCUT2D eigenvalue weighted by Gasteiger charge is 2.06. The molecular weight excluding hydrogens is 235 g/mol. The van der Waals surface area contributed by atoms with Crippen LogP contribution in [0.4, 0.5) is 4.39 Å². The van der Waals surface area contributed by atoms with Gasteiger partial charge < -0.3 is 0 Å². The molecule has 1 atom stereocenters. The molecular formula is C14H13FOS. The molecule has 0 aliphatic rings.